The van der Waals surface area contributed by atoms with Crippen LogP contribution in [0.3, 0.4) is 0 Å². The van der Waals surface area contributed by atoms with E-state index in [-0.39, 0.29) is 11.9 Å². The third-order valence-corrected chi connectivity index (χ3v) is 3.04. The first kappa shape index (κ1) is 14.6. The van der Waals surface area contributed by atoms with Crippen LogP contribution in [0.1, 0.15) is 45.6 Å². The summed E-state index contributed by atoms with van der Waals surface area (Å²) in [7, 11) is 0. The normalized spacial score (nSPS) is 12.3. The minimum atomic E-state index is 0.0444. The Morgan fingerprint density at radius 1 is 1.22 bits per heavy atom. The third-order valence-electron chi connectivity index (χ3n) is 3.04. The molecule has 0 saturated heterocycles. The second-order valence-electron chi connectivity index (χ2n) is 4.97. The Hall–Kier alpha value is -1.51. The molecule has 0 aliphatic rings. The largest absolute Gasteiger partial charge is 0.376 e. The van der Waals surface area contributed by atoms with E-state index >= 15 is 0 Å². The molecule has 18 heavy (non-hydrogen) atoms. The highest BCUT2D eigenvalue weighted by Crippen LogP contribution is 2.23. The molecule has 1 aromatic rings. The summed E-state index contributed by atoms with van der Waals surface area (Å²) in [4.78, 5) is 11.7. The lowest BCUT2D eigenvalue weighted by atomic mass is 10.0. The molecular weight excluding hydrogens is 224 g/mol. The predicted molar refractivity (Wildman–Crippen MR) is 76.9 cm³/mol. The third kappa shape index (κ3) is 4.40. The summed E-state index contributed by atoms with van der Waals surface area (Å²) in [6, 6.07) is 8.37. The summed E-state index contributed by atoms with van der Waals surface area (Å²) in [6.45, 7) is 8.71. The first-order chi connectivity index (χ1) is 8.54. The van der Waals surface area contributed by atoms with Crippen molar-refractivity contribution in [1.82, 2.24) is 5.32 Å². The van der Waals surface area contributed by atoms with Gasteiger partial charge in [0.1, 0.15) is 0 Å². The van der Waals surface area contributed by atoms with E-state index in [1.165, 1.54) is 5.56 Å². The van der Waals surface area contributed by atoms with Crippen LogP contribution in [0.4, 0.5) is 5.69 Å². The van der Waals surface area contributed by atoms with E-state index in [0.717, 1.165) is 12.1 Å². The van der Waals surface area contributed by atoms with Crippen LogP contribution in [0.2, 0.25) is 0 Å². The fourth-order valence-corrected chi connectivity index (χ4v) is 1.76. The average Bonchev–Trinajstić information content (AvgIpc) is 2.36. The van der Waals surface area contributed by atoms with Crippen molar-refractivity contribution >= 4 is 11.6 Å². The average molecular weight is 248 g/mol. The number of nitrogens with one attached hydrogen (secondary N) is 2. The number of carbonyl (C=O) groups excluding carboxylic acids is 1. The van der Waals surface area contributed by atoms with E-state index in [2.05, 4.69) is 37.5 Å². The van der Waals surface area contributed by atoms with Crippen LogP contribution in [0.5, 0.6) is 0 Å². The molecule has 0 aromatic heterocycles. The van der Waals surface area contributed by atoms with Crippen LogP contribution in [0, 0.1) is 0 Å². The molecule has 2 N–H and O–H groups in total. The van der Waals surface area contributed by atoms with Crippen molar-refractivity contribution in [3.8, 4) is 0 Å². The Balaban J connectivity index is 2.56. The molecule has 100 valence electrons. The minimum absolute atomic E-state index is 0.0444. The second-order valence-corrected chi connectivity index (χ2v) is 4.97. The molecule has 0 spiro atoms. The molecule has 1 atom stereocenters. The van der Waals surface area contributed by atoms with Gasteiger partial charge < -0.3 is 10.6 Å². The first-order valence-corrected chi connectivity index (χ1v) is 6.66. The van der Waals surface area contributed by atoms with Gasteiger partial charge in [0.15, 0.2) is 0 Å². The van der Waals surface area contributed by atoms with Crippen LogP contribution in [-0.4, -0.2) is 18.5 Å². The molecule has 0 aliphatic carbocycles. The van der Waals surface area contributed by atoms with Gasteiger partial charge in [-0.15, -0.1) is 0 Å². The summed E-state index contributed by atoms with van der Waals surface area (Å²) in [5, 5.41) is 6.16. The van der Waals surface area contributed by atoms with Gasteiger partial charge in [0.25, 0.3) is 0 Å². The number of para-hydroxylation sites is 1. The molecular formula is C15H24N2O. The molecule has 3 heteroatoms. The maximum absolute atomic E-state index is 11.7. The van der Waals surface area contributed by atoms with Crippen LogP contribution >= 0.6 is 0 Å². The molecule has 0 radical (unpaired) electrons. The lowest BCUT2D eigenvalue weighted by Crippen LogP contribution is -2.36. The number of hydrogen-bond acceptors (Lipinski definition) is 2. The Labute approximate surface area is 110 Å². The van der Waals surface area contributed by atoms with Crippen LogP contribution in [0.15, 0.2) is 24.3 Å². The lowest BCUT2D eigenvalue weighted by molar-refractivity contribution is -0.120. The minimum Gasteiger partial charge on any atom is -0.376 e. The van der Waals surface area contributed by atoms with E-state index in [1.807, 2.05) is 25.1 Å². The fourth-order valence-electron chi connectivity index (χ4n) is 1.76. The zero-order valence-corrected chi connectivity index (χ0v) is 11.8. The Morgan fingerprint density at radius 3 is 2.50 bits per heavy atom. The molecule has 0 saturated carbocycles. The number of amides is 1. The van der Waals surface area contributed by atoms with Crippen molar-refractivity contribution in [1.29, 1.82) is 0 Å². The van der Waals surface area contributed by atoms with Gasteiger partial charge in [-0.2, -0.15) is 0 Å². The van der Waals surface area contributed by atoms with Crippen molar-refractivity contribution in [2.75, 3.05) is 11.9 Å². The summed E-state index contributed by atoms with van der Waals surface area (Å²) in [5.41, 5.74) is 2.29. The van der Waals surface area contributed by atoms with Crippen LogP contribution in [-0.2, 0) is 4.79 Å². The van der Waals surface area contributed by atoms with Crippen molar-refractivity contribution in [3.05, 3.63) is 29.8 Å². The van der Waals surface area contributed by atoms with Gasteiger partial charge in [-0.05, 0) is 30.9 Å². The number of hydrogen-bond donors (Lipinski definition) is 2. The maximum atomic E-state index is 11.7. The Morgan fingerprint density at radius 2 is 1.89 bits per heavy atom. The first-order valence-electron chi connectivity index (χ1n) is 6.66. The SMILES string of the molecule is CCC(C)NC(=O)CNc1ccccc1C(C)C. The number of benzene rings is 1. The molecule has 0 bridgehead atoms. The highest BCUT2D eigenvalue weighted by Gasteiger charge is 2.08. The van der Waals surface area contributed by atoms with E-state index < -0.39 is 0 Å². The highest BCUT2D eigenvalue weighted by atomic mass is 16.1. The van der Waals surface area contributed by atoms with Crippen molar-refractivity contribution in [3.63, 3.8) is 0 Å². The molecule has 3 nitrogen and oxygen atoms in total. The molecule has 1 rings (SSSR count). The van der Waals surface area contributed by atoms with Crippen LogP contribution < -0.4 is 10.6 Å². The predicted octanol–water partition coefficient (Wildman–Crippen LogP) is 3.14. The number of anilines is 1. The second kappa shape index (κ2) is 7.04. The lowest BCUT2D eigenvalue weighted by Gasteiger charge is -2.16. The van der Waals surface area contributed by atoms with Gasteiger partial charge in [0.2, 0.25) is 5.91 Å². The zero-order chi connectivity index (χ0) is 13.5. The molecule has 1 aromatic carbocycles. The molecule has 1 amide bonds. The van der Waals surface area contributed by atoms with E-state index in [1.54, 1.807) is 0 Å². The summed E-state index contributed by atoms with van der Waals surface area (Å²) in [6.07, 6.45) is 0.953. The molecule has 0 heterocycles. The van der Waals surface area contributed by atoms with Crippen molar-refractivity contribution < 1.29 is 4.79 Å². The quantitative estimate of drug-likeness (QED) is 0.812. The van der Waals surface area contributed by atoms with Crippen molar-refractivity contribution in [2.45, 2.75) is 46.1 Å². The molecule has 1 unspecified atom stereocenters. The Bertz CT molecular complexity index is 388. The van der Waals surface area contributed by atoms with E-state index in [4.69, 9.17) is 0 Å². The monoisotopic (exact) mass is 248 g/mol. The fraction of sp³-hybridized carbons (Fsp3) is 0.533. The highest BCUT2D eigenvalue weighted by molar-refractivity contribution is 5.81. The Kier molecular flexibility index (Phi) is 5.69. The van der Waals surface area contributed by atoms with E-state index in [0.29, 0.717) is 12.5 Å². The van der Waals surface area contributed by atoms with Gasteiger partial charge >= 0.3 is 0 Å². The van der Waals surface area contributed by atoms with Gasteiger partial charge in [-0.25, -0.2) is 0 Å². The summed E-state index contributed by atoms with van der Waals surface area (Å²) >= 11 is 0. The smallest absolute Gasteiger partial charge is 0.239 e. The van der Waals surface area contributed by atoms with Gasteiger partial charge in [0, 0.05) is 11.7 Å². The number of carbonyl (C=O) groups is 1. The standard InChI is InChI=1S/C15H24N2O/c1-5-12(4)17-15(18)10-16-14-9-7-6-8-13(14)11(2)3/h6-9,11-12,16H,5,10H2,1-4H3,(H,17,18). The summed E-state index contributed by atoms with van der Waals surface area (Å²) < 4.78 is 0. The molecule has 0 fully saturated rings. The van der Waals surface area contributed by atoms with Gasteiger partial charge in [0.05, 0.1) is 6.54 Å². The number of rotatable bonds is 6. The van der Waals surface area contributed by atoms with Crippen molar-refractivity contribution in [2.24, 2.45) is 0 Å². The van der Waals surface area contributed by atoms with E-state index in [9.17, 15) is 4.79 Å². The maximum Gasteiger partial charge on any atom is 0.239 e. The van der Waals surface area contributed by atoms with Gasteiger partial charge in [-0.1, -0.05) is 39.0 Å². The van der Waals surface area contributed by atoms with Gasteiger partial charge in [-0.3, -0.25) is 4.79 Å². The molecule has 0 aliphatic heterocycles. The zero-order valence-electron chi connectivity index (χ0n) is 11.8. The summed E-state index contributed by atoms with van der Waals surface area (Å²) in [5.74, 6) is 0.495. The van der Waals surface area contributed by atoms with Crippen LogP contribution in [0.25, 0.3) is 0 Å². The topological polar surface area (TPSA) is 41.1 Å².